The maximum absolute atomic E-state index is 6.02. The Balaban J connectivity index is 1.76. The van der Waals surface area contributed by atoms with Crippen molar-refractivity contribution in [1.82, 2.24) is 5.32 Å². The molecular weight excluding hydrogens is 236 g/mol. The molecule has 1 aliphatic heterocycles. The number of nitrogens with one attached hydrogen (secondary N) is 1. The van der Waals surface area contributed by atoms with Crippen LogP contribution >= 0.6 is 0 Å². The van der Waals surface area contributed by atoms with Gasteiger partial charge in [-0.05, 0) is 37.5 Å². The number of benzene rings is 1. The molecule has 3 heteroatoms. The number of hydrogen-bond acceptors (Lipinski definition) is 3. The summed E-state index contributed by atoms with van der Waals surface area (Å²) in [6, 6.07) is 8.66. The quantitative estimate of drug-likeness (QED) is 0.885. The predicted octanol–water partition coefficient (Wildman–Crippen LogP) is 2.93. The molecule has 2 aliphatic rings. The average molecular weight is 260 g/mol. The zero-order chi connectivity index (χ0) is 13.5. The summed E-state index contributed by atoms with van der Waals surface area (Å²) in [5, 5.41) is 3.72. The van der Waals surface area contributed by atoms with Crippen molar-refractivity contribution in [3.8, 4) is 0 Å². The second-order valence-corrected chi connectivity index (χ2v) is 6.35. The number of fused-ring (bicyclic) bond motifs is 1. The standard InChI is InChI=1S/C16H24N2O/c1-16-10-4-5-13(16)11-19-15(17-16)12-6-8-14(9-7-12)18(2)3/h6-9,13,15,17H,4-5,10-11H2,1-3H3/t13-,15+,16-/m0/s1. The molecule has 104 valence electrons. The summed E-state index contributed by atoms with van der Waals surface area (Å²) in [5.41, 5.74) is 2.73. The Morgan fingerprint density at radius 3 is 2.68 bits per heavy atom. The van der Waals surface area contributed by atoms with Crippen LogP contribution in [0.25, 0.3) is 0 Å². The maximum atomic E-state index is 6.02. The van der Waals surface area contributed by atoms with Gasteiger partial charge in [0.05, 0.1) is 6.61 Å². The molecule has 3 nitrogen and oxygen atoms in total. The van der Waals surface area contributed by atoms with Gasteiger partial charge in [0.25, 0.3) is 0 Å². The van der Waals surface area contributed by atoms with Crippen molar-refractivity contribution in [3.63, 3.8) is 0 Å². The summed E-state index contributed by atoms with van der Waals surface area (Å²) in [4.78, 5) is 2.12. The van der Waals surface area contributed by atoms with Crippen LogP contribution < -0.4 is 10.2 Å². The first-order valence-corrected chi connectivity index (χ1v) is 7.25. The van der Waals surface area contributed by atoms with E-state index in [-0.39, 0.29) is 11.8 Å². The van der Waals surface area contributed by atoms with Crippen LogP contribution in [0, 0.1) is 5.92 Å². The first kappa shape index (κ1) is 12.9. The fourth-order valence-electron chi connectivity index (χ4n) is 3.38. The number of rotatable bonds is 2. The highest BCUT2D eigenvalue weighted by atomic mass is 16.5. The zero-order valence-corrected chi connectivity index (χ0v) is 12.1. The van der Waals surface area contributed by atoms with E-state index < -0.39 is 0 Å². The third-order valence-electron chi connectivity index (χ3n) is 4.79. The second kappa shape index (κ2) is 4.80. The normalized spacial score (nSPS) is 34.1. The molecule has 1 saturated carbocycles. The summed E-state index contributed by atoms with van der Waals surface area (Å²) in [6.07, 6.45) is 3.95. The van der Waals surface area contributed by atoms with Crippen LogP contribution in [-0.2, 0) is 4.74 Å². The number of anilines is 1. The molecule has 0 unspecified atom stereocenters. The third kappa shape index (κ3) is 2.37. The van der Waals surface area contributed by atoms with Gasteiger partial charge in [0, 0.05) is 31.2 Å². The summed E-state index contributed by atoms with van der Waals surface area (Å²) in [7, 11) is 4.13. The van der Waals surface area contributed by atoms with Gasteiger partial charge in [0.2, 0.25) is 0 Å². The van der Waals surface area contributed by atoms with Crippen LogP contribution in [0.2, 0.25) is 0 Å². The predicted molar refractivity (Wildman–Crippen MR) is 78.3 cm³/mol. The van der Waals surface area contributed by atoms with Crippen LogP contribution in [0.1, 0.15) is 38.0 Å². The lowest BCUT2D eigenvalue weighted by Crippen LogP contribution is -2.53. The molecule has 3 atom stereocenters. The molecule has 19 heavy (non-hydrogen) atoms. The largest absolute Gasteiger partial charge is 0.378 e. The zero-order valence-electron chi connectivity index (χ0n) is 12.1. The molecular formula is C16H24N2O. The van der Waals surface area contributed by atoms with E-state index in [4.69, 9.17) is 4.74 Å². The van der Waals surface area contributed by atoms with Crippen molar-refractivity contribution in [1.29, 1.82) is 0 Å². The van der Waals surface area contributed by atoms with Gasteiger partial charge in [0.1, 0.15) is 6.23 Å². The lowest BCUT2D eigenvalue weighted by Gasteiger charge is -2.42. The van der Waals surface area contributed by atoms with Gasteiger partial charge in [-0.1, -0.05) is 18.6 Å². The molecule has 0 bridgehead atoms. The number of hydrogen-bond donors (Lipinski definition) is 1. The van der Waals surface area contributed by atoms with Crippen LogP contribution in [0.4, 0.5) is 5.69 Å². The molecule has 0 radical (unpaired) electrons. The van der Waals surface area contributed by atoms with Crippen LogP contribution in [0.3, 0.4) is 0 Å². The van der Waals surface area contributed by atoms with Crippen LogP contribution in [0.15, 0.2) is 24.3 Å². The van der Waals surface area contributed by atoms with Crippen LogP contribution in [0.5, 0.6) is 0 Å². The molecule has 0 amide bonds. The van der Waals surface area contributed by atoms with Crippen molar-refractivity contribution in [2.24, 2.45) is 5.92 Å². The lowest BCUT2D eigenvalue weighted by molar-refractivity contribution is -0.0731. The van der Waals surface area contributed by atoms with Gasteiger partial charge in [-0.3, -0.25) is 5.32 Å². The minimum absolute atomic E-state index is 0.0514. The summed E-state index contributed by atoms with van der Waals surface area (Å²) >= 11 is 0. The fourth-order valence-corrected chi connectivity index (χ4v) is 3.38. The van der Waals surface area contributed by atoms with E-state index in [2.05, 4.69) is 55.5 Å². The van der Waals surface area contributed by atoms with Crippen molar-refractivity contribution in [2.75, 3.05) is 25.6 Å². The van der Waals surface area contributed by atoms with Crippen molar-refractivity contribution >= 4 is 5.69 Å². The summed E-state index contributed by atoms with van der Waals surface area (Å²) < 4.78 is 6.02. The Morgan fingerprint density at radius 2 is 2.00 bits per heavy atom. The topological polar surface area (TPSA) is 24.5 Å². The fraction of sp³-hybridized carbons (Fsp3) is 0.625. The lowest BCUT2D eigenvalue weighted by atomic mass is 9.87. The Morgan fingerprint density at radius 1 is 1.26 bits per heavy atom. The minimum atomic E-state index is 0.0514. The van der Waals surface area contributed by atoms with Gasteiger partial charge < -0.3 is 9.64 Å². The van der Waals surface area contributed by atoms with E-state index in [1.807, 2.05) is 0 Å². The smallest absolute Gasteiger partial charge is 0.134 e. The molecule has 3 rings (SSSR count). The highest BCUT2D eigenvalue weighted by molar-refractivity contribution is 5.46. The molecule has 1 aromatic rings. The minimum Gasteiger partial charge on any atom is -0.378 e. The first-order chi connectivity index (χ1) is 9.08. The monoisotopic (exact) mass is 260 g/mol. The Bertz CT molecular complexity index is 443. The van der Waals surface area contributed by atoms with Gasteiger partial charge in [0.15, 0.2) is 0 Å². The van der Waals surface area contributed by atoms with E-state index in [0.717, 1.165) is 6.61 Å². The second-order valence-electron chi connectivity index (χ2n) is 6.35. The van der Waals surface area contributed by atoms with Crippen LogP contribution in [-0.4, -0.2) is 26.2 Å². The molecule has 0 aromatic heterocycles. The van der Waals surface area contributed by atoms with Gasteiger partial charge >= 0.3 is 0 Å². The number of nitrogens with zero attached hydrogens (tertiary/aromatic N) is 1. The molecule has 1 aromatic carbocycles. The van der Waals surface area contributed by atoms with Crippen molar-refractivity contribution in [2.45, 2.75) is 38.0 Å². The maximum Gasteiger partial charge on any atom is 0.134 e. The average Bonchev–Trinajstić information content (AvgIpc) is 2.79. The summed E-state index contributed by atoms with van der Waals surface area (Å²) in [6.45, 7) is 3.25. The SMILES string of the molecule is CN(C)c1ccc([C@@H]2N[C@@]3(C)CCC[C@H]3CO2)cc1. The van der Waals surface area contributed by atoms with Gasteiger partial charge in [-0.25, -0.2) is 0 Å². The molecule has 2 fully saturated rings. The van der Waals surface area contributed by atoms with Crippen molar-refractivity contribution in [3.05, 3.63) is 29.8 Å². The van der Waals surface area contributed by atoms with Gasteiger partial charge in [-0.15, -0.1) is 0 Å². The summed E-state index contributed by atoms with van der Waals surface area (Å²) in [5.74, 6) is 0.685. The van der Waals surface area contributed by atoms with Gasteiger partial charge in [-0.2, -0.15) is 0 Å². The Labute approximate surface area is 115 Å². The molecule has 1 saturated heterocycles. The highest BCUT2D eigenvalue weighted by Gasteiger charge is 2.43. The molecule has 0 spiro atoms. The molecule has 1 heterocycles. The Hall–Kier alpha value is -1.06. The van der Waals surface area contributed by atoms with E-state index in [1.165, 1.54) is 30.5 Å². The molecule has 1 N–H and O–H groups in total. The van der Waals surface area contributed by atoms with E-state index >= 15 is 0 Å². The Kier molecular flexibility index (Phi) is 3.27. The molecule has 1 aliphatic carbocycles. The first-order valence-electron chi connectivity index (χ1n) is 7.25. The third-order valence-corrected chi connectivity index (χ3v) is 4.79. The van der Waals surface area contributed by atoms with E-state index in [9.17, 15) is 0 Å². The van der Waals surface area contributed by atoms with Crippen molar-refractivity contribution < 1.29 is 4.74 Å². The van der Waals surface area contributed by atoms with E-state index in [1.54, 1.807) is 0 Å². The number of ether oxygens (including phenoxy) is 1. The highest BCUT2D eigenvalue weighted by Crippen LogP contribution is 2.41. The van der Waals surface area contributed by atoms with E-state index in [0.29, 0.717) is 5.92 Å².